The van der Waals surface area contributed by atoms with E-state index in [1.54, 1.807) is 6.08 Å². The number of aromatic amines is 1. The van der Waals surface area contributed by atoms with Crippen molar-refractivity contribution in [3.05, 3.63) is 35.8 Å². The standard InChI is InChI=1S/C24H41N2O2/c1-4-5-6-7-8-9-11-21(14-13-20(2)3)15-16-22(17-18-24(27)28)26-23-12-10-19-25-23/h10,12,17-22,25H,4-9,11,13-16H2,1-3H3,(H,27,28)/q-1. The fourth-order valence-electron chi connectivity index (χ4n) is 3.60. The van der Waals surface area contributed by atoms with Crippen molar-refractivity contribution in [2.75, 3.05) is 0 Å². The Morgan fingerprint density at radius 1 is 1.07 bits per heavy atom. The summed E-state index contributed by atoms with van der Waals surface area (Å²) in [7, 11) is 0. The lowest BCUT2D eigenvalue weighted by molar-refractivity contribution is -0.131. The number of hydrogen-bond acceptors (Lipinski definition) is 1. The molecule has 1 aromatic heterocycles. The Bertz CT molecular complexity index is 523. The second kappa shape index (κ2) is 15.2. The summed E-state index contributed by atoms with van der Waals surface area (Å²) in [5.74, 6) is 1.36. The smallest absolute Gasteiger partial charge is 0.327 e. The number of unbranched alkanes of at least 4 members (excludes halogenated alkanes) is 5. The van der Waals surface area contributed by atoms with Crippen molar-refractivity contribution in [2.45, 2.75) is 97.4 Å². The van der Waals surface area contributed by atoms with Crippen LogP contribution in [0.1, 0.15) is 91.4 Å². The van der Waals surface area contributed by atoms with Gasteiger partial charge in [0.25, 0.3) is 0 Å². The molecule has 0 saturated carbocycles. The molecule has 0 bridgehead atoms. The number of carbonyl (C=O) groups is 1. The minimum atomic E-state index is -0.907. The molecule has 0 amide bonds. The Kier molecular flexibility index (Phi) is 13.2. The number of H-pyrrole nitrogens is 1. The molecule has 0 fully saturated rings. The average molecular weight is 390 g/mol. The molecule has 0 aliphatic rings. The maximum absolute atomic E-state index is 10.9. The number of aromatic nitrogens is 1. The lowest BCUT2D eigenvalue weighted by Crippen LogP contribution is -2.09. The number of nitrogens with zero attached hydrogens (tertiary/aromatic N) is 1. The summed E-state index contributed by atoms with van der Waals surface area (Å²) in [5.41, 5.74) is 0. The van der Waals surface area contributed by atoms with E-state index in [4.69, 9.17) is 5.11 Å². The molecule has 2 N–H and O–H groups in total. The van der Waals surface area contributed by atoms with Gasteiger partial charge in [-0.2, -0.15) is 0 Å². The van der Waals surface area contributed by atoms with Crippen LogP contribution in [0, 0.1) is 11.8 Å². The first kappa shape index (κ1) is 24.3. The van der Waals surface area contributed by atoms with Gasteiger partial charge in [-0.15, -0.1) is 0 Å². The molecule has 1 rings (SSSR count). The third-order valence-electron chi connectivity index (χ3n) is 5.34. The fraction of sp³-hybridized carbons (Fsp3) is 0.708. The van der Waals surface area contributed by atoms with Gasteiger partial charge in [-0.1, -0.05) is 109 Å². The molecule has 0 aliphatic heterocycles. The van der Waals surface area contributed by atoms with E-state index in [0.717, 1.165) is 24.6 Å². The van der Waals surface area contributed by atoms with Crippen LogP contribution in [0.2, 0.25) is 0 Å². The van der Waals surface area contributed by atoms with E-state index in [1.807, 2.05) is 18.3 Å². The Labute approximate surface area is 172 Å². The van der Waals surface area contributed by atoms with E-state index in [0.29, 0.717) is 5.92 Å². The predicted molar refractivity (Wildman–Crippen MR) is 119 cm³/mol. The van der Waals surface area contributed by atoms with Gasteiger partial charge in [0.2, 0.25) is 0 Å². The fourth-order valence-corrected chi connectivity index (χ4v) is 3.60. The van der Waals surface area contributed by atoms with Gasteiger partial charge < -0.3 is 15.4 Å². The van der Waals surface area contributed by atoms with Gasteiger partial charge in [0.1, 0.15) is 0 Å². The molecule has 2 atom stereocenters. The normalized spacial score (nSPS) is 13.9. The van der Waals surface area contributed by atoms with Crippen molar-refractivity contribution in [3.63, 3.8) is 0 Å². The van der Waals surface area contributed by atoms with E-state index in [2.05, 4.69) is 31.1 Å². The molecule has 0 aromatic carbocycles. The summed E-state index contributed by atoms with van der Waals surface area (Å²) in [6.45, 7) is 6.84. The zero-order valence-corrected chi connectivity index (χ0v) is 18.2. The molecular formula is C24H41N2O2-. The molecule has 1 aromatic rings. The van der Waals surface area contributed by atoms with Crippen molar-refractivity contribution >= 4 is 11.8 Å². The number of carboxylic acids is 1. The summed E-state index contributed by atoms with van der Waals surface area (Å²) in [6, 6.07) is 3.76. The van der Waals surface area contributed by atoms with Gasteiger partial charge >= 0.3 is 5.97 Å². The van der Waals surface area contributed by atoms with Crippen molar-refractivity contribution < 1.29 is 9.90 Å². The summed E-state index contributed by atoms with van der Waals surface area (Å²) < 4.78 is 0. The summed E-state index contributed by atoms with van der Waals surface area (Å²) in [6.07, 6.45) is 18.7. The second-order valence-corrected chi connectivity index (χ2v) is 8.42. The number of nitrogens with one attached hydrogen (secondary N) is 1. The van der Waals surface area contributed by atoms with E-state index < -0.39 is 5.97 Å². The first-order chi connectivity index (χ1) is 13.5. The number of hydrogen-bond donors (Lipinski definition) is 2. The van der Waals surface area contributed by atoms with Gasteiger partial charge in [0, 0.05) is 6.08 Å². The van der Waals surface area contributed by atoms with Gasteiger partial charge in [-0.05, 0) is 30.7 Å². The predicted octanol–water partition coefficient (Wildman–Crippen LogP) is 7.61. The molecule has 4 nitrogen and oxygen atoms in total. The summed E-state index contributed by atoms with van der Waals surface area (Å²) in [4.78, 5) is 14.0. The van der Waals surface area contributed by atoms with Crippen LogP contribution in [0.4, 0.5) is 5.82 Å². The first-order valence-corrected chi connectivity index (χ1v) is 11.3. The SMILES string of the molecule is CCCCCCCCC(CCC(C)C)CCC(C=CC(=O)O)[N-]c1ccc[nH]1. The van der Waals surface area contributed by atoms with Gasteiger partial charge in [0.15, 0.2) is 0 Å². The largest absolute Gasteiger partial charge is 0.478 e. The lowest BCUT2D eigenvalue weighted by atomic mass is 9.88. The quantitative estimate of drug-likeness (QED) is 0.212. The van der Waals surface area contributed by atoms with Crippen LogP contribution in [0.25, 0.3) is 5.32 Å². The Hall–Kier alpha value is -1.71. The van der Waals surface area contributed by atoms with Crippen LogP contribution < -0.4 is 0 Å². The number of aliphatic carboxylic acids is 1. The molecule has 0 saturated heterocycles. The highest BCUT2D eigenvalue weighted by molar-refractivity contribution is 5.80. The number of rotatable bonds is 17. The minimum absolute atomic E-state index is 0.0825. The average Bonchev–Trinajstić information content (AvgIpc) is 3.16. The van der Waals surface area contributed by atoms with Crippen molar-refractivity contribution in [2.24, 2.45) is 11.8 Å². The van der Waals surface area contributed by atoms with Gasteiger partial charge in [-0.25, -0.2) is 4.79 Å². The second-order valence-electron chi connectivity index (χ2n) is 8.42. The van der Waals surface area contributed by atoms with Crippen LogP contribution in [0.5, 0.6) is 0 Å². The van der Waals surface area contributed by atoms with Crippen LogP contribution >= 0.6 is 0 Å². The topological polar surface area (TPSA) is 67.2 Å². The van der Waals surface area contributed by atoms with E-state index >= 15 is 0 Å². The first-order valence-electron chi connectivity index (χ1n) is 11.3. The Morgan fingerprint density at radius 3 is 2.43 bits per heavy atom. The van der Waals surface area contributed by atoms with Crippen LogP contribution in [-0.4, -0.2) is 22.1 Å². The summed E-state index contributed by atoms with van der Waals surface area (Å²) >= 11 is 0. The van der Waals surface area contributed by atoms with Crippen molar-refractivity contribution in [3.8, 4) is 0 Å². The lowest BCUT2D eigenvalue weighted by Gasteiger charge is -2.25. The van der Waals surface area contributed by atoms with Crippen LogP contribution in [0.15, 0.2) is 30.5 Å². The maximum atomic E-state index is 10.9. The molecular weight excluding hydrogens is 348 g/mol. The number of carboxylic acid groups (broad SMARTS) is 1. The highest BCUT2D eigenvalue weighted by atomic mass is 16.4. The Morgan fingerprint density at radius 2 is 1.79 bits per heavy atom. The molecule has 1 heterocycles. The minimum Gasteiger partial charge on any atom is -0.478 e. The molecule has 4 heteroatoms. The third kappa shape index (κ3) is 12.6. The molecule has 0 aliphatic carbocycles. The maximum Gasteiger partial charge on any atom is 0.327 e. The molecule has 0 spiro atoms. The monoisotopic (exact) mass is 389 g/mol. The zero-order chi connectivity index (χ0) is 20.6. The third-order valence-corrected chi connectivity index (χ3v) is 5.34. The zero-order valence-electron chi connectivity index (χ0n) is 18.2. The van der Waals surface area contributed by atoms with Gasteiger partial charge in [0.05, 0.1) is 0 Å². The van der Waals surface area contributed by atoms with Crippen molar-refractivity contribution in [1.82, 2.24) is 4.98 Å². The van der Waals surface area contributed by atoms with Crippen molar-refractivity contribution in [1.29, 1.82) is 0 Å². The molecule has 2 unspecified atom stereocenters. The van der Waals surface area contributed by atoms with E-state index in [9.17, 15) is 4.79 Å². The highest BCUT2D eigenvalue weighted by Gasteiger charge is 2.12. The summed E-state index contributed by atoms with van der Waals surface area (Å²) in [5, 5.41) is 13.7. The Balaban J connectivity index is 2.52. The van der Waals surface area contributed by atoms with E-state index in [1.165, 1.54) is 63.9 Å². The molecule has 160 valence electrons. The highest BCUT2D eigenvalue weighted by Crippen LogP contribution is 2.28. The molecule has 0 radical (unpaired) electrons. The van der Waals surface area contributed by atoms with Crippen LogP contribution in [-0.2, 0) is 4.79 Å². The van der Waals surface area contributed by atoms with Gasteiger partial charge in [-0.3, -0.25) is 0 Å². The van der Waals surface area contributed by atoms with Crippen LogP contribution in [0.3, 0.4) is 0 Å². The molecule has 28 heavy (non-hydrogen) atoms. The van der Waals surface area contributed by atoms with E-state index in [-0.39, 0.29) is 6.04 Å².